The molecule has 0 spiro atoms. The van der Waals surface area contributed by atoms with Crippen molar-refractivity contribution in [3.63, 3.8) is 0 Å². The van der Waals surface area contributed by atoms with Gasteiger partial charge in [0, 0.05) is 44.5 Å². The van der Waals surface area contributed by atoms with Gasteiger partial charge in [0.15, 0.2) is 5.65 Å². The molecule has 1 aliphatic carbocycles. The number of benzene rings is 1. The van der Waals surface area contributed by atoms with Gasteiger partial charge in [-0.2, -0.15) is 14.4 Å². The van der Waals surface area contributed by atoms with E-state index in [9.17, 15) is 8.42 Å². The molecule has 3 heterocycles. The molecule has 1 saturated heterocycles. The zero-order valence-electron chi connectivity index (χ0n) is 22.1. The van der Waals surface area contributed by atoms with Gasteiger partial charge in [-0.05, 0) is 37.9 Å². The van der Waals surface area contributed by atoms with Crippen molar-refractivity contribution in [2.45, 2.75) is 69.7 Å². The number of rotatable bonds is 9. The minimum atomic E-state index is -3.52. The van der Waals surface area contributed by atoms with Crippen LogP contribution in [0, 0.1) is 0 Å². The Morgan fingerprint density at radius 3 is 2.41 bits per heavy atom. The van der Waals surface area contributed by atoms with Gasteiger partial charge in [-0.3, -0.25) is 0 Å². The summed E-state index contributed by atoms with van der Waals surface area (Å²) in [5, 5.41) is 9.28. The molecule has 1 saturated carbocycles. The third-order valence-corrected chi connectivity index (χ3v) is 9.64. The highest BCUT2D eigenvalue weighted by molar-refractivity contribution is 7.89. The summed E-state index contributed by atoms with van der Waals surface area (Å²) < 4.78 is 30.2. The molecular formula is C27H39N7O2S. The van der Waals surface area contributed by atoms with Gasteiger partial charge in [0.25, 0.3) is 0 Å². The van der Waals surface area contributed by atoms with Crippen LogP contribution >= 0.6 is 0 Å². The fourth-order valence-electron chi connectivity index (χ4n) is 5.40. The van der Waals surface area contributed by atoms with E-state index in [1.807, 2.05) is 18.3 Å². The van der Waals surface area contributed by atoms with Gasteiger partial charge < -0.3 is 10.2 Å². The van der Waals surface area contributed by atoms with Crippen LogP contribution in [0.3, 0.4) is 0 Å². The number of nitrogens with zero attached hydrogens (tertiary/aromatic N) is 6. The zero-order valence-corrected chi connectivity index (χ0v) is 22.9. The number of likely N-dealkylation sites (N-methyl/N-ethyl adjacent to an activating group) is 1. The van der Waals surface area contributed by atoms with E-state index in [1.54, 1.807) is 16.4 Å². The van der Waals surface area contributed by atoms with Gasteiger partial charge in [0.2, 0.25) is 16.0 Å². The molecule has 2 fully saturated rings. The number of aromatic nitrogens is 4. The third kappa shape index (κ3) is 5.51. The highest BCUT2D eigenvalue weighted by atomic mass is 32.2. The topological polar surface area (TPSA) is 96.3 Å². The van der Waals surface area contributed by atoms with E-state index in [2.05, 4.69) is 33.7 Å². The van der Waals surface area contributed by atoms with E-state index in [0.717, 1.165) is 74.2 Å². The van der Waals surface area contributed by atoms with E-state index in [-0.39, 0.29) is 0 Å². The first kappa shape index (κ1) is 26.1. The predicted molar refractivity (Wildman–Crippen MR) is 147 cm³/mol. The Bertz CT molecular complexity index is 1290. The largest absolute Gasteiger partial charge is 0.354 e. The van der Waals surface area contributed by atoms with Gasteiger partial charge in [0.05, 0.1) is 16.3 Å². The van der Waals surface area contributed by atoms with Gasteiger partial charge in [0.1, 0.15) is 5.69 Å². The standard InChI is InChI=1S/C27H39N7O2S/c1-3-5-15-28-27-29-20-24-25(31-34(26(24)30-27)22-9-7-6-8-10-22)21-11-13-23(14-12-21)37(35,36)33-18-16-32(4-2)17-19-33/h11-14,20,22H,3-10,15-19H2,1-2H3,(H,28,29,30). The van der Waals surface area contributed by atoms with Crippen LogP contribution in [-0.2, 0) is 10.0 Å². The third-order valence-electron chi connectivity index (χ3n) is 7.73. The first-order chi connectivity index (χ1) is 18.0. The van der Waals surface area contributed by atoms with Crippen molar-refractivity contribution in [3.8, 4) is 11.3 Å². The van der Waals surface area contributed by atoms with Crippen LogP contribution in [0.15, 0.2) is 35.4 Å². The van der Waals surface area contributed by atoms with Crippen LogP contribution in [0.5, 0.6) is 0 Å². The van der Waals surface area contributed by atoms with Gasteiger partial charge in [-0.15, -0.1) is 0 Å². The monoisotopic (exact) mass is 525 g/mol. The number of anilines is 1. The highest BCUT2D eigenvalue weighted by Crippen LogP contribution is 2.34. The summed E-state index contributed by atoms with van der Waals surface area (Å²) in [5.74, 6) is 0.633. The summed E-state index contributed by atoms with van der Waals surface area (Å²) in [6.45, 7) is 8.66. The molecule has 5 rings (SSSR count). The lowest BCUT2D eigenvalue weighted by atomic mass is 9.96. The van der Waals surface area contributed by atoms with Gasteiger partial charge in [-0.25, -0.2) is 18.1 Å². The van der Waals surface area contributed by atoms with Gasteiger partial charge in [-0.1, -0.05) is 51.7 Å². The second-order valence-corrected chi connectivity index (χ2v) is 12.1. The molecule has 2 aliphatic rings. The summed E-state index contributed by atoms with van der Waals surface area (Å²) in [4.78, 5) is 12.0. The number of hydrogen-bond donors (Lipinski definition) is 1. The van der Waals surface area contributed by atoms with Crippen molar-refractivity contribution >= 4 is 27.0 Å². The Balaban J connectivity index is 1.45. The van der Waals surface area contributed by atoms with Crippen LogP contribution < -0.4 is 5.32 Å². The fraction of sp³-hybridized carbons (Fsp3) is 0.593. The van der Waals surface area contributed by atoms with E-state index in [4.69, 9.17) is 10.1 Å². The molecule has 9 nitrogen and oxygen atoms in total. The molecule has 200 valence electrons. The second kappa shape index (κ2) is 11.4. The lowest BCUT2D eigenvalue weighted by molar-refractivity contribution is 0.196. The fourth-order valence-corrected chi connectivity index (χ4v) is 6.82. The normalized spacial score (nSPS) is 18.4. The molecule has 1 aromatic carbocycles. The number of sulfonamides is 1. The summed E-state index contributed by atoms with van der Waals surface area (Å²) >= 11 is 0. The van der Waals surface area contributed by atoms with Crippen molar-refractivity contribution in [2.75, 3.05) is 44.6 Å². The molecular weight excluding hydrogens is 486 g/mol. The zero-order chi connectivity index (χ0) is 25.8. The highest BCUT2D eigenvalue weighted by Gasteiger charge is 2.28. The number of fused-ring (bicyclic) bond motifs is 1. The van der Waals surface area contributed by atoms with Crippen molar-refractivity contribution in [2.24, 2.45) is 0 Å². The Hall–Kier alpha value is -2.56. The Labute approximate surface area is 220 Å². The number of piperazine rings is 1. The minimum absolute atomic E-state index is 0.324. The number of unbranched alkanes of at least 4 members (excludes halogenated alkanes) is 1. The molecule has 0 amide bonds. The van der Waals surface area contributed by atoms with Crippen molar-refractivity contribution in [1.82, 2.24) is 29.0 Å². The average Bonchev–Trinajstić information content (AvgIpc) is 3.33. The first-order valence-electron chi connectivity index (χ1n) is 13.8. The quantitative estimate of drug-likeness (QED) is 0.410. The molecule has 0 atom stereocenters. The predicted octanol–water partition coefficient (Wildman–Crippen LogP) is 4.54. The van der Waals surface area contributed by atoms with E-state index in [1.165, 1.54) is 19.3 Å². The van der Waals surface area contributed by atoms with Crippen molar-refractivity contribution in [3.05, 3.63) is 30.5 Å². The van der Waals surface area contributed by atoms with E-state index in [0.29, 0.717) is 30.0 Å². The van der Waals surface area contributed by atoms with Crippen molar-refractivity contribution < 1.29 is 8.42 Å². The van der Waals surface area contributed by atoms with Gasteiger partial charge >= 0.3 is 0 Å². The number of hydrogen-bond acceptors (Lipinski definition) is 7. The average molecular weight is 526 g/mol. The first-order valence-corrected chi connectivity index (χ1v) is 15.3. The molecule has 2 aromatic heterocycles. The summed E-state index contributed by atoms with van der Waals surface area (Å²) in [7, 11) is -3.52. The molecule has 1 aliphatic heterocycles. The molecule has 1 N–H and O–H groups in total. The Kier molecular flexibility index (Phi) is 8.07. The molecule has 10 heteroatoms. The minimum Gasteiger partial charge on any atom is -0.354 e. The maximum Gasteiger partial charge on any atom is 0.243 e. The molecule has 0 radical (unpaired) electrons. The van der Waals surface area contributed by atoms with E-state index < -0.39 is 10.0 Å². The maximum atomic E-state index is 13.3. The smallest absolute Gasteiger partial charge is 0.243 e. The summed E-state index contributed by atoms with van der Waals surface area (Å²) in [6.07, 6.45) is 9.90. The van der Waals surface area contributed by atoms with Crippen LogP contribution in [0.25, 0.3) is 22.3 Å². The molecule has 0 unspecified atom stereocenters. The summed E-state index contributed by atoms with van der Waals surface area (Å²) in [5.41, 5.74) is 2.53. The van der Waals surface area contributed by atoms with E-state index >= 15 is 0 Å². The SMILES string of the molecule is CCCCNc1ncc2c(-c3ccc(S(=O)(=O)N4CCN(CC)CC4)cc3)nn(C3CCCCC3)c2n1. The maximum absolute atomic E-state index is 13.3. The Morgan fingerprint density at radius 1 is 1.00 bits per heavy atom. The van der Waals surface area contributed by atoms with Crippen LogP contribution in [0.4, 0.5) is 5.95 Å². The summed E-state index contributed by atoms with van der Waals surface area (Å²) in [6, 6.07) is 7.49. The Morgan fingerprint density at radius 2 is 1.73 bits per heavy atom. The lowest BCUT2D eigenvalue weighted by Crippen LogP contribution is -2.48. The van der Waals surface area contributed by atoms with Crippen molar-refractivity contribution in [1.29, 1.82) is 0 Å². The molecule has 3 aromatic rings. The molecule has 37 heavy (non-hydrogen) atoms. The van der Waals surface area contributed by atoms with Crippen LogP contribution in [0.1, 0.15) is 64.8 Å². The second-order valence-electron chi connectivity index (χ2n) is 10.2. The number of nitrogens with one attached hydrogen (secondary N) is 1. The molecule has 0 bridgehead atoms. The van der Waals surface area contributed by atoms with Crippen LogP contribution in [0.2, 0.25) is 0 Å². The lowest BCUT2D eigenvalue weighted by Gasteiger charge is -2.33. The van der Waals surface area contributed by atoms with Crippen LogP contribution in [-0.4, -0.2) is 76.6 Å².